The van der Waals surface area contributed by atoms with Crippen LogP contribution in [0, 0.1) is 0 Å². The number of hydrogen-bond donors (Lipinski definition) is 2. The van der Waals surface area contributed by atoms with Gasteiger partial charge in [-0.05, 0) is 18.2 Å². The van der Waals surface area contributed by atoms with Crippen LogP contribution in [0.25, 0.3) is 0 Å². The fourth-order valence-corrected chi connectivity index (χ4v) is 1.80. The number of nitrogens with zero attached hydrogens (tertiary/aromatic N) is 1. The summed E-state index contributed by atoms with van der Waals surface area (Å²) in [6.07, 6.45) is 0.705. The first-order valence-electron chi connectivity index (χ1n) is 4.65. The number of carboxylic acids is 1. The smallest absolute Gasteiger partial charge is 0.325 e. The molecule has 3 N–H and O–H groups in total. The fraction of sp³-hybridized carbons (Fsp3) is 0.111. The molecular weight excluding hydrogens is 295 g/mol. The van der Waals surface area contributed by atoms with Crippen LogP contribution in [0.5, 0.6) is 0 Å². The highest BCUT2D eigenvalue weighted by molar-refractivity contribution is 8.45. The molecule has 0 radical (unpaired) electrons. The number of nitrogens with two attached hydrogens (primary N) is 1. The summed E-state index contributed by atoms with van der Waals surface area (Å²) >= 11 is 0. The molecule has 0 spiro atoms. The molecule has 0 unspecified atom stereocenters. The minimum Gasteiger partial charge on any atom is -0.480 e. The molecule has 0 amide bonds. The van der Waals surface area contributed by atoms with Crippen molar-refractivity contribution >= 4 is 28.1 Å². The Balaban J connectivity index is 3.24. The number of aliphatic imine (C=N–C) groups is 1. The third-order valence-electron chi connectivity index (χ3n) is 1.96. The second kappa shape index (κ2) is 3.83. The Bertz CT molecular complexity index is 555. The van der Waals surface area contributed by atoms with Crippen LogP contribution >= 0.6 is 10.2 Å². The van der Waals surface area contributed by atoms with Gasteiger partial charge in [-0.1, -0.05) is 19.4 Å². The number of benzene rings is 1. The SMILES string of the molecule is Nc1ccc(S(F)(F)(F)(F)F)cc1C=NCC(=O)O. The molecule has 0 saturated heterocycles. The molecular formula is C9H9F5N2O2S. The highest BCUT2D eigenvalue weighted by Gasteiger charge is 2.65. The molecule has 0 bridgehead atoms. The Morgan fingerprint density at radius 1 is 1.32 bits per heavy atom. The van der Waals surface area contributed by atoms with E-state index >= 15 is 0 Å². The molecule has 1 aromatic carbocycles. The second-order valence-corrected chi connectivity index (χ2v) is 6.03. The maximum atomic E-state index is 12.5. The molecule has 0 aliphatic carbocycles. The van der Waals surface area contributed by atoms with Gasteiger partial charge < -0.3 is 10.8 Å². The molecule has 0 aliphatic heterocycles. The Labute approximate surface area is 104 Å². The first kappa shape index (κ1) is 15.2. The minimum atomic E-state index is -9.79. The van der Waals surface area contributed by atoms with E-state index in [-0.39, 0.29) is 17.8 Å². The zero-order chi connectivity index (χ0) is 15.0. The largest absolute Gasteiger partial charge is 0.480 e. The van der Waals surface area contributed by atoms with Crippen molar-refractivity contribution in [3.05, 3.63) is 23.8 Å². The van der Waals surface area contributed by atoms with Crippen molar-refractivity contribution in [1.29, 1.82) is 0 Å². The van der Waals surface area contributed by atoms with Crippen LogP contribution in [-0.2, 0) is 4.79 Å². The van der Waals surface area contributed by atoms with Gasteiger partial charge in [-0.15, -0.1) is 0 Å². The Kier molecular flexibility index (Phi) is 3.06. The van der Waals surface area contributed by atoms with Crippen molar-refractivity contribution in [1.82, 2.24) is 0 Å². The summed E-state index contributed by atoms with van der Waals surface area (Å²) in [7, 11) is -9.79. The molecule has 0 aliphatic rings. The molecule has 10 heteroatoms. The van der Waals surface area contributed by atoms with E-state index in [1.807, 2.05) is 0 Å². The predicted octanol–water partition coefficient (Wildman–Crippen LogP) is 3.43. The Morgan fingerprint density at radius 2 is 1.89 bits per heavy atom. The van der Waals surface area contributed by atoms with E-state index in [0.29, 0.717) is 12.3 Å². The number of anilines is 1. The standard InChI is InChI=1S/C9H9F5N2O2S/c10-19(11,12,13,14)7-1-2-8(15)6(3-7)4-16-5-9(17)18/h1-4H,5,15H2,(H,17,18). The lowest BCUT2D eigenvalue weighted by molar-refractivity contribution is -0.135. The van der Waals surface area contributed by atoms with Gasteiger partial charge in [-0.25, -0.2) is 0 Å². The monoisotopic (exact) mass is 304 g/mol. The van der Waals surface area contributed by atoms with Crippen LogP contribution < -0.4 is 5.73 Å². The molecule has 19 heavy (non-hydrogen) atoms. The zero-order valence-corrected chi connectivity index (χ0v) is 10.0. The van der Waals surface area contributed by atoms with E-state index in [1.165, 1.54) is 0 Å². The van der Waals surface area contributed by atoms with E-state index in [1.54, 1.807) is 0 Å². The van der Waals surface area contributed by atoms with E-state index in [0.717, 1.165) is 0 Å². The van der Waals surface area contributed by atoms with Gasteiger partial charge in [0.2, 0.25) is 0 Å². The van der Waals surface area contributed by atoms with Gasteiger partial charge in [0.1, 0.15) is 11.4 Å². The lowest BCUT2D eigenvalue weighted by atomic mass is 10.2. The molecule has 4 nitrogen and oxygen atoms in total. The normalized spacial score (nSPS) is 16.1. The molecule has 0 heterocycles. The van der Waals surface area contributed by atoms with Crippen LogP contribution in [0.15, 0.2) is 28.1 Å². The summed E-state index contributed by atoms with van der Waals surface area (Å²) in [6.45, 7) is -0.708. The van der Waals surface area contributed by atoms with Crippen LogP contribution in [0.2, 0.25) is 0 Å². The van der Waals surface area contributed by atoms with Crippen molar-refractivity contribution in [3.63, 3.8) is 0 Å². The number of nitrogen functional groups attached to an aromatic ring is 1. The Morgan fingerprint density at radius 3 is 2.37 bits per heavy atom. The van der Waals surface area contributed by atoms with Crippen LogP contribution in [0.3, 0.4) is 0 Å². The third-order valence-corrected chi connectivity index (χ3v) is 3.11. The second-order valence-electron chi connectivity index (χ2n) is 3.62. The molecule has 0 saturated carbocycles. The van der Waals surface area contributed by atoms with Crippen molar-refractivity contribution in [2.24, 2.45) is 4.99 Å². The maximum Gasteiger partial charge on any atom is 0.325 e. The highest BCUT2D eigenvalue weighted by Crippen LogP contribution is 3.02. The van der Waals surface area contributed by atoms with Crippen molar-refractivity contribution in [3.8, 4) is 0 Å². The van der Waals surface area contributed by atoms with Crippen LogP contribution in [-0.4, -0.2) is 23.8 Å². The van der Waals surface area contributed by atoms with Crippen molar-refractivity contribution in [2.75, 3.05) is 12.3 Å². The van der Waals surface area contributed by atoms with Gasteiger partial charge >= 0.3 is 16.2 Å². The summed E-state index contributed by atoms with van der Waals surface area (Å²) in [5, 5.41) is 8.29. The molecule has 1 rings (SSSR count). The Hall–Kier alpha value is -1.84. The van der Waals surface area contributed by atoms with Gasteiger partial charge in [0.25, 0.3) is 0 Å². The maximum absolute atomic E-state index is 12.5. The van der Waals surface area contributed by atoms with Crippen molar-refractivity contribution in [2.45, 2.75) is 4.90 Å². The summed E-state index contributed by atoms with van der Waals surface area (Å²) in [5.41, 5.74) is 4.65. The van der Waals surface area contributed by atoms with Gasteiger partial charge in [-0.3, -0.25) is 9.79 Å². The fourth-order valence-electron chi connectivity index (χ4n) is 1.13. The van der Waals surface area contributed by atoms with E-state index < -0.39 is 33.2 Å². The average molecular weight is 304 g/mol. The number of rotatable bonds is 4. The summed E-state index contributed by atoms with van der Waals surface area (Å²) in [5.74, 6) is -1.32. The van der Waals surface area contributed by atoms with Crippen LogP contribution in [0.4, 0.5) is 25.1 Å². The number of halogens is 5. The van der Waals surface area contributed by atoms with E-state index in [4.69, 9.17) is 10.8 Å². The first-order chi connectivity index (χ1) is 8.29. The number of hydrogen-bond acceptors (Lipinski definition) is 3. The number of aliphatic carboxylic acids is 1. The van der Waals surface area contributed by atoms with Gasteiger partial charge in [0.05, 0.1) is 0 Å². The highest BCUT2D eigenvalue weighted by atomic mass is 32.5. The summed E-state index contributed by atoms with van der Waals surface area (Å²) < 4.78 is 62.7. The van der Waals surface area contributed by atoms with Gasteiger partial charge in [0, 0.05) is 17.5 Å². The molecule has 108 valence electrons. The molecule has 0 fully saturated rings. The topological polar surface area (TPSA) is 75.7 Å². The summed E-state index contributed by atoms with van der Waals surface area (Å²) in [6, 6.07) is 0.975. The number of carbonyl (C=O) groups is 1. The molecule has 1 aromatic rings. The third kappa shape index (κ3) is 4.39. The lowest BCUT2D eigenvalue weighted by Crippen LogP contribution is -2.08. The van der Waals surface area contributed by atoms with E-state index in [9.17, 15) is 24.2 Å². The first-order valence-corrected chi connectivity index (χ1v) is 6.60. The average Bonchev–Trinajstić information content (AvgIpc) is 2.16. The van der Waals surface area contributed by atoms with Crippen molar-refractivity contribution < 1.29 is 29.3 Å². The summed E-state index contributed by atoms with van der Waals surface area (Å²) in [4.78, 5) is 11.3. The van der Waals surface area contributed by atoms with Gasteiger partial charge in [-0.2, -0.15) is 0 Å². The minimum absolute atomic E-state index is 0.141. The molecule has 0 atom stereocenters. The molecule has 0 aromatic heterocycles. The van der Waals surface area contributed by atoms with E-state index in [2.05, 4.69) is 4.99 Å². The predicted molar refractivity (Wildman–Crippen MR) is 62.3 cm³/mol. The quantitative estimate of drug-likeness (QED) is 0.508. The van der Waals surface area contributed by atoms with Gasteiger partial charge in [0.15, 0.2) is 0 Å². The lowest BCUT2D eigenvalue weighted by Gasteiger charge is -2.40. The zero-order valence-electron chi connectivity index (χ0n) is 9.19. The van der Waals surface area contributed by atoms with Crippen LogP contribution in [0.1, 0.15) is 5.56 Å². The number of carboxylic acid groups (broad SMARTS) is 1.